The van der Waals surface area contributed by atoms with Crippen molar-refractivity contribution in [2.45, 2.75) is 51.6 Å². The van der Waals surface area contributed by atoms with Crippen LogP contribution >= 0.6 is 0 Å². The molecule has 1 atom stereocenters. The molecule has 1 unspecified atom stereocenters. The third kappa shape index (κ3) is 2.07. The van der Waals surface area contributed by atoms with Crippen molar-refractivity contribution < 1.29 is 0 Å². The summed E-state index contributed by atoms with van der Waals surface area (Å²) in [7, 11) is 0. The van der Waals surface area contributed by atoms with Crippen LogP contribution in [0.2, 0.25) is 0 Å². The average Bonchev–Trinajstić information content (AvgIpc) is 2.95. The van der Waals surface area contributed by atoms with Crippen LogP contribution in [0.4, 0.5) is 0 Å². The van der Waals surface area contributed by atoms with E-state index < -0.39 is 0 Å². The van der Waals surface area contributed by atoms with E-state index in [-0.39, 0.29) is 0 Å². The zero-order chi connectivity index (χ0) is 10.3. The van der Waals surface area contributed by atoms with Gasteiger partial charge in [0, 0.05) is 11.7 Å². The van der Waals surface area contributed by atoms with Gasteiger partial charge in [-0.1, -0.05) is 6.92 Å². The lowest BCUT2D eigenvalue weighted by molar-refractivity contribution is 0.492. The van der Waals surface area contributed by atoms with Crippen molar-refractivity contribution in [3.63, 3.8) is 0 Å². The lowest BCUT2D eigenvalue weighted by atomic mass is 9.92. The quantitative estimate of drug-likeness (QED) is 0.789. The first kappa shape index (κ1) is 9.40. The Morgan fingerprint density at radius 2 is 2.27 bits per heavy atom. The number of fused-ring (bicyclic) bond motifs is 1. The molecule has 3 heteroatoms. The number of aromatic amines is 1. The van der Waals surface area contributed by atoms with E-state index in [1.54, 1.807) is 0 Å². The summed E-state index contributed by atoms with van der Waals surface area (Å²) < 4.78 is 0. The van der Waals surface area contributed by atoms with E-state index in [4.69, 9.17) is 0 Å². The Labute approximate surface area is 90.7 Å². The third-order valence-electron chi connectivity index (χ3n) is 3.48. The molecule has 2 aliphatic rings. The fraction of sp³-hybridized carbons (Fsp3) is 0.750. The Hall–Kier alpha value is -0.830. The molecule has 1 saturated carbocycles. The molecule has 2 aliphatic carbocycles. The first-order valence-corrected chi connectivity index (χ1v) is 6.11. The van der Waals surface area contributed by atoms with Crippen LogP contribution in [-0.4, -0.2) is 16.0 Å². The maximum Gasteiger partial charge on any atom is 0.120 e. The minimum Gasteiger partial charge on any atom is -0.345 e. The number of hydrogen-bond acceptors (Lipinski definition) is 2. The summed E-state index contributed by atoms with van der Waals surface area (Å²) in [6, 6.07) is 0.769. The normalized spacial score (nSPS) is 25.3. The lowest BCUT2D eigenvalue weighted by Gasteiger charge is -2.15. The zero-order valence-corrected chi connectivity index (χ0v) is 9.34. The highest BCUT2D eigenvalue weighted by molar-refractivity contribution is 5.18. The molecular weight excluding hydrogens is 186 g/mol. The maximum atomic E-state index is 4.67. The van der Waals surface area contributed by atoms with Crippen molar-refractivity contribution in [2.24, 2.45) is 5.92 Å². The first-order chi connectivity index (χ1) is 7.31. The number of H-pyrrole nitrogens is 1. The molecule has 0 aliphatic heterocycles. The van der Waals surface area contributed by atoms with Gasteiger partial charge in [0.1, 0.15) is 5.82 Å². The van der Waals surface area contributed by atoms with E-state index >= 15 is 0 Å². The van der Waals surface area contributed by atoms with Gasteiger partial charge in [0.25, 0.3) is 0 Å². The number of nitrogens with one attached hydrogen (secondary N) is 2. The van der Waals surface area contributed by atoms with Gasteiger partial charge in [-0.25, -0.2) is 4.98 Å². The number of rotatable bonds is 3. The van der Waals surface area contributed by atoms with E-state index in [0.717, 1.165) is 30.7 Å². The highest BCUT2D eigenvalue weighted by atomic mass is 15.0. The molecule has 1 fully saturated rings. The summed E-state index contributed by atoms with van der Waals surface area (Å²) in [5.74, 6) is 1.96. The largest absolute Gasteiger partial charge is 0.345 e. The van der Waals surface area contributed by atoms with Crippen molar-refractivity contribution >= 4 is 0 Å². The second-order valence-electron chi connectivity index (χ2n) is 5.11. The Kier molecular flexibility index (Phi) is 2.28. The number of nitrogens with zero attached hydrogens (tertiary/aromatic N) is 1. The second-order valence-corrected chi connectivity index (χ2v) is 5.11. The first-order valence-electron chi connectivity index (χ1n) is 6.11. The van der Waals surface area contributed by atoms with Crippen LogP contribution in [-0.2, 0) is 19.4 Å². The Balaban J connectivity index is 1.68. The summed E-state index contributed by atoms with van der Waals surface area (Å²) in [6.45, 7) is 3.25. The molecule has 0 bridgehead atoms. The van der Waals surface area contributed by atoms with Crippen LogP contribution in [0.15, 0.2) is 0 Å². The van der Waals surface area contributed by atoms with Crippen LogP contribution in [0, 0.1) is 5.92 Å². The molecular formula is C12H19N3. The van der Waals surface area contributed by atoms with E-state index in [9.17, 15) is 0 Å². The van der Waals surface area contributed by atoms with Crippen molar-refractivity contribution in [3.05, 3.63) is 17.2 Å². The lowest BCUT2D eigenvalue weighted by Crippen LogP contribution is -2.16. The van der Waals surface area contributed by atoms with Gasteiger partial charge in [-0.3, -0.25) is 0 Å². The Morgan fingerprint density at radius 3 is 3.07 bits per heavy atom. The molecule has 3 nitrogen and oxygen atoms in total. The van der Waals surface area contributed by atoms with Crippen LogP contribution < -0.4 is 5.32 Å². The van der Waals surface area contributed by atoms with Gasteiger partial charge in [-0.05, 0) is 38.0 Å². The molecule has 15 heavy (non-hydrogen) atoms. The molecule has 1 heterocycles. The van der Waals surface area contributed by atoms with Gasteiger partial charge in [0.15, 0.2) is 0 Å². The molecule has 0 saturated heterocycles. The highest BCUT2D eigenvalue weighted by Gasteiger charge is 2.22. The summed E-state index contributed by atoms with van der Waals surface area (Å²) >= 11 is 0. The van der Waals surface area contributed by atoms with Crippen molar-refractivity contribution in [1.29, 1.82) is 0 Å². The van der Waals surface area contributed by atoms with E-state index in [0.29, 0.717) is 0 Å². The predicted molar refractivity (Wildman–Crippen MR) is 59.6 cm³/mol. The fourth-order valence-electron chi connectivity index (χ4n) is 2.33. The number of aryl methyl sites for hydroxylation is 1. The predicted octanol–water partition coefficient (Wildman–Crippen LogP) is 1.79. The third-order valence-corrected chi connectivity index (χ3v) is 3.48. The number of aromatic nitrogens is 2. The SMILES string of the molecule is CC1CCc2nc(CNC3CC3)[nH]c2C1. The van der Waals surface area contributed by atoms with Crippen molar-refractivity contribution in [1.82, 2.24) is 15.3 Å². The Bertz CT molecular complexity index is 352. The zero-order valence-electron chi connectivity index (χ0n) is 9.34. The minimum absolute atomic E-state index is 0.769. The van der Waals surface area contributed by atoms with Crippen molar-refractivity contribution in [2.75, 3.05) is 0 Å². The molecule has 0 spiro atoms. The van der Waals surface area contributed by atoms with Gasteiger partial charge in [0.05, 0.1) is 12.2 Å². The van der Waals surface area contributed by atoms with Gasteiger partial charge < -0.3 is 10.3 Å². The van der Waals surface area contributed by atoms with Gasteiger partial charge in [-0.2, -0.15) is 0 Å². The monoisotopic (exact) mass is 205 g/mol. The highest BCUT2D eigenvalue weighted by Crippen LogP contribution is 2.24. The smallest absolute Gasteiger partial charge is 0.120 e. The van der Waals surface area contributed by atoms with E-state index in [1.165, 1.54) is 37.1 Å². The molecule has 1 aromatic rings. The van der Waals surface area contributed by atoms with Crippen LogP contribution in [0.25, 0.3) is 0 Å². The van der Waals surface area contributed by atoms with Gasteiger partial charge in [-0.15, -0.1) is 0 Å². The number of hydrogen-bond donors (Lipinski definition) is 2. The van der Waals surface area contributed by atoms with Crippen LogP contribution in [0.3, 0.4) is 0 Å². The average molecular weight is 205 g/mol. The van der Waals surface area contributed by atoms with Gasteiger partial charge in [0.2, 0.25) is 0 Å². The molecule has 0 aromatic carbocycles. The summed E-state index contributed by atoms with van der Waals surface area (Å²) in [5, 5.41) is 3.50. The molecule has 0 amide bonds. The molecule has 82 valence electrons. The van der Waals surface area contributed by atoms with Crippen molar-refractivity contribution in [3.8, 4) is 0 Å². The van der Waals surface area contributed by atoms with E-state index in [2.05, 4.69) is 22.2 Å². The van der Waals surface area contributed by atoms with Crippen LogP contribution in [0.1, 0.15) is 43.4 Å². The molecule has 2 N–H and O–H groups in total. The molecule has 3 rings (SSSR count). The van der Waals surface area contributed by atoms with Gasteiger partial charge >= 0.3 is 0 Å². The van der Waals surface area contributed by atoms with Crippen LogP contribution in [0.5, 0.6) is 0 Å². The molecule has 1 aromatic heterocycles. The minimum atomic E-state index is 0.769. The summed E-state index contributed by atoms with van der Waals surface area (Å²) in [6.07, 6.45) is 6.34. The maximum absolute atomic E-state index is 4.67. The standard InChI is InChI=1S/C12H19N3/c1-8-2-5-10-11(6-8)15-12(14-10)7-13-9-3-4-9/h8-9,13H,2-7H2,1H3,(H,14,15). The second kappa shape index (κ2) is 3.63. The fourth-order valence-corrected chi connectivity index (χ4v) is 2.33. The van der Waals surface area contributed by atoms with E-state index in [1.807, 2.05) is 0 Å². The topological polar surface area (TPSA) is 40.7 Å². The summed E-state index contributed by atoms with van der Waals surface area (Å²) in [5.41, 5.74) is 2.71. The molecule has 0 radical (unpaired) electrons. The summed E-state index contributed by atoms with van der Waals surface area (Å²) in [4.78, 5) is 8.14. The Morgan fingerprint density at radius 1 is 1.40 bits per heavy atom. The number of imidazole rings is 1.